The Balaban J connectivity index is 1.78. The molecular formula is C16H14FNO2. The van der Waals surface area contributed by atoms with Crippen molar-refractivity contribution in [2.75, 3.05) is 4.90 Å². The maximum Gasteiger partial charge on any atom is 0.238 e. The van der Waals surface area contributed by atoms with Gasteiger partial charge in [-0.2, -0.15) is 0 Å². The summed E-state index contributed by atoms with van der Waals surface area (Å²) in [5.41, 5.74) is 1.14. The molecule has 2 aliphatic carbocycles. The van der Waals surface area contributed by atoms with Crippen LogP contribution in [0.5, 0.6) is 0 Å². The summed E-state index contributed by atoms with van der Waals surface area (Å²) in [6.07, 6.45) is 5.05. The van der Waals surface area contributed by atoms with E-state index in [2.05, 4.69) is 12.2 Å². The fourth-order valence-electron chi connectivity index (χ4n) is 4.01. The zero-order chi connectivity index (χ0) is 14.0. The minimum absolute atomic E-state index is 0.119. The SMILES string of the molecule is Cc1cc(F)ccc1N1C(=O)[C@H]2[C@H](C1=O)[C@H]1C=C[C@H]2C1. The molecule has 1 aromatic carbocycles. The van der Waals surface area contributed by atoms with Crippen LogP contribution >= 0.6 is 0 Å². The Kier molecular flexibility index (Phi) is 2.23. The third-order valence-electron chi connectivity index (χ3n) is 4.87. The molecule has 0 unspecified atom stereocenters. The van der Waals surface area contributed by atoms with Gasteiger partial charge in [-0.05, 0) is 48.9 Å². The van der Waals surface area contributed by atoms with Crippen molar-refractivity contribution < 1.29 is 14.0 Å². The average molecular weight is 271 g/mol. The molecule has 2 amide bonds. The van der Waals surface area contributed by atoms with Gasteiger partial charge in [-0.15, -0.1) is 0 Å². The Hall–Kier alpha value is -1.97. The number of halogens is 1. The Morgan fingerprint density at radius 1 is 1.10 bits per heavy atom. The molecule has 4 rings (SSSR count). The topological polar surface area (TPSA) is 37.4 Å². The Bertz CT molecular complexity index is 636. The summed E-state index contributed by atoms with van der Waals surface area (Å²) in [6.45, 7) is 1.72. The minimum Gasteiger partial charge on any atom is -0.274 e. The number of fused-ring (bicyclic) bond motifs is 5. The highest BCUT2D eigenvalue weighted by Crippen LogP contribution is 2.53. The monoisotopic (exact) mass is 271 g/mol. The summed E-state index contributed by atoms with van der Waals surface area (Å²) in [5, 5.41) is 0. The zero-order valence-electron chi connectivity index (χ0n) is 11.0. The molecule has 20 heavy (non-hydrogen) atoms. The van der Waals surface area contributed by atoms with Crippen LogP contribution in [0.25, 0.3) is 0 Å². The summed E-state index contributed by atoms with van der Waals surface area (Å²) < 4.78 is 13.2. The largest absolute Gasteiger partial charge is 0.274 e. The molecule has 0 radical (unpaired) electrons. The van der Waals surface area contributed by atoms with Crippen molar-refractivity contribution >= 4 is 17.5 Å². The van der Waals surface area contributed by atoms with Gasteiger partial charge in [0, 0.05) is 0 Å². The van der Waals surface area contributed by atoms with Crippen LogP contribution in [-0.2, 0) is 9.59 Å². The second kappa shape index (κ2) is 3.78. The molecule has 102 valence electrons. The van der Waals surface area contributed by atoms with E-state index < -0.39 is 0 Å². The summed E-state index contributed by atoms with van der Waals surface area (Å²) in [5.74, 6) is -0.603. The van der Waals surface area contributed by atoms with Crippen LogP contribution in [0.15, 0.2) is 30.4 Å². The first-order valence-corrected chi connectivity index (χ1v) is 6.90. The van der Waals surface area contributed by atoms with Gasteiger partial charge in [0.1, 0.15) is 5.82 Å². The predicted molar refractivity (Wildman–Crippen MR) is 71.3 cm³/mol. The number of carbonyl (C=O) groups excluding carboxylic acids is 2. The molecule has 3 nitrogen and oxygen atoms in total. The number of allylic oxidation sites excluding steroid dienone is 2. The second-order valence-electron chi connectivity index (χ2n) is 5.94. The maximum absolute atomic E-state index is 13.2. The Morgan fingerprint density at radius 3 is 2.25 bits per heavy atom. The Labute approximate surface area is 116 Å². The molecule has 0 aromatic heterocycles. The number of hydrogen-bond acceptors (Lipinski definition) is 2. The van der Waals surface area contributed by atoms with Crippen molar-refractivity contribution in [1.82, 2.24) is 0 Å². The van der Waals surface area contributed by atoms with Crippen molar-refractivity contribution in [3.63, 3.8) is 0 Å². The molecule has 0 N–H and O–H groups in total. The van der Waals surface area contributed by atoms with Crippen LogP contribution < -0.4 is 4.90 Å². The van der Waals surface area contributed by atoms with Gasteiger partial charge < -0.3 is 0 Å². The van der Waals surface area contributed by atoms with E-state index in [0.29, 0.717) is 11.3 Å². The van der Waals surface area contributed by atoms with Crippen molar-refractivity contribution in [1.29, 1.82) is 0 Å². The van der Waals surface area contributed by atoms with Crippen LogP contribution in [0.1, 0.15) is 12.0 Å². The minimum atomic E-state index is -0.354. The molecule has 4 heteroatoms. The van der Waals surface area contributed by atoms with Gasteiger partial charge in [-0.1, -0.05) is 12.2 Å². The molecule has 1 aliphatic heterocycles. The standard InChI is InChI=1S/C16H14FNO2/c1-8-6-11(17)4-5-12(8)18-15(19)13-9-2-3-10(7-9)14(13)16(18)20/h2-6,9-10,13-14H,7H2,1H3/t9-,10-,13+,14+/m0/s1. The van der Waals surface area contributed by atoms with Crippen molar-refractivity contribution in [3.05, 3.63) is 41.7 Å². The van der Waals surface area contributed by atoms with Crippen molar-refractivity contribution in [2.24, 2.45) is 23.7 Å². The summed E-state index contributed by atoms with van der Waals surface area (Å²) >= 11 is 0. The highest BCUT2D eigenvalue weighted by Gasteiger charge is 2.59. The van der Waals surface area contributed by atoms with Crippen LogP contribution in [0.2, 0.25) is 0 Å². The van der Waals surface area contributed by atoms with E-state index in [1.54, 1.807) is 6.92 Å². The van der Waals surface area contributed by atoms with E-state index in [0.717, 1.165) is 6.42 Å². The van der Waals surface area contributed by atoms with Gasteiger partial charge in [0.2, 0.25) is 11.8 Å². The summed E-state index contributed by atoms with van der Waals surface area (Å²) in [7, 11) is 0. The molecular weight excluding hydrogens is 257 g/mol. The van der Waals surface area contributed by atoms with Gasteiger partial charge in [0.05, 0.1) is 17.5 Å². The van der Waals surface area contributed by atoms with E-state index in [1.165, 1.54) is 23.1 Å². The van der Waals surface area contributed by atoms with E-state index in [-0.39, 0.29) is 41.3 Å². The lowest BCUT2D eigenvalue weighted by Gasteiger charge is -2.19. The summed E-state index contributed by atoms with van der Waals surface area (Å²) in [6, 6.07) is 4.18. The number of carbonyl (C=O) groups is 2. The van der Waals surface area contributed by atoms with Crippen LogP contribution in [0, 0.1) is 36.4 Å². The molecule has 2 fully saturated rings. The third-order valence-corrected chi connectivity index (χ3v) is 4.87. The number of nitrogens with zero attached hydrogens (tertiary/aromatic N) is 1. The number of hydrogen-bond donors (Lipinski definition) is 0. The fourth-order valence-corrected chi connectivity index (χ4v) is 4.01. The van der Waals surface area contributed by atoms with Gasteiger partial charge in [-0.3, -0.25) is 9.59 Å². The third kappa shape index (κ3) is 1.34. The van der Waals surface area contributed by atoms with Gasteiger partial charge >= 0.3 is 0 Å². The second-order valence-corrected chi connectivity index (χ2v) is 5.94. The molecule has 2 bridgehead atoms. The lowest BCUT2D eigenvalue weighted by Crippen LogP contribution is -2.33. The van der Waals surface area contributed by atoms with E-state index in [4.69, 9.17) is 0 Å². The average Bonchev–Trinajstić information content (AvgIpc) is 3.06. The lowest BCUT2D eigenvalue weighted by atomic mass is 9.85. The van der Waals surface area contributed by atoms with Gasteiger partial charge in [0.25, 0.3) is 0 Å². The molecule has 3 aliphatic rings. The fraction of sp³-hybridized carbons (Fsp3) is 0.375. The van der Waals surface area contributed by atoms with Crippen LogP contribution in [0.3, 0.4) is 0 Å². The van der Waals surface area contributed by atoms with Gasteiger partial charge in [-0.25, -0.2) is 9.29 Å². The predicted octanol–water partition coefficient (Wildman–Crippen LogP) is 2.45. The van der Waals surface area contributed by atoms with Crippen LogP contribution in [0.4, 0.5) is 10.1 Å². The number of amides is 2. The first kappa shape index (κ1) is 11.8. The lowest BCUT2D eigenvalue weighted by molar-refractivity contribution is -0.123. The number of benzene rings is 1. The molecule has 1 heterocycles. The first-order valence-electron chi connectivity index (χ1n) is 6.90. The number of anilines is 1. The summed E-state index contributed by atoms with van der Waals surface area (Å²) in [4.78, 5) is 26.5. The maximum atomic E-state index is 13.2. The molecule has 1 saturated heterocycles. The van der Waals surface area contributed by atoms with Crippen molar-refractivity contribution in [3.8, 4) is 0 Å². The normalized spacial score (nSPS) is 34.2. The van der Waals surface area contributed by atoms with Crippen molar-refractivity contribution in [2.45, 2.75) is 13.3 Å². The van der Waals surface area contributed by atoms with E-state index >= 15 is 0 Å². The first-order chi connectivity index (χ1) is 9.58. The number of imide groups is 1. The van der Waals surface area contributed by atoms with E-state index in [1.807, 2.05) is 0 Å². The highest BCUT2D eigenvalue weighted by atomic mass is 19.1. The Morgan fingerprint density at radius 2 is 1.70 bits per heavy atom. The quantitative estimate of drug-likeness (QED) is 0.581. The zero-order valence-corrected chi connectivity index (χ0v) is 11.0. The number of rotatable bonds is 1. The molecule has 4 atom stereocenters. The molecule has 1 saturated carbocycles. The molecule has 0 spiro atoms. The highest BCUT2D eigenvalue weighted by molar-refractivity contribution is 6.23. The number of aryl methyl sites for hydroxylation is 1. The smallest absolute Gasteiger partial charge is 0.238 e. The van der Waals surface area contributed by atoms with E-state index in [9.17, 15) is 14.0 Å². The van der Waals surface area contributed by atoms with Crippen LogP contribution in [-0.4, -0.2) is 11.8 Å². The molecule has 1 aromatic rings. The van der Waals surface area contributed by atoms with Gasteiger partial charge in [0.15, 0.2) is 0 Å².